The molecule has 2 aromatic rings. The highest BCUT2D eigenvalue weighted by molar-refractivity contribution is 6.32. The van der Waals surface area contributed by atoms with E-state index in [1.54, 1.807) is 7.05 Å². The van der Waals surface area contributed by atoms with Gasteiger partial charge in [-0.25, -0.2) is 0 Å². The van der Waals surface area contributed by atoms with E-state index in [1.165, 1.54) is 4.68 Å². The monoisotopic (exact) mass is 267 g/mol. The van der Waals surface area contributed by atoms with Gasteiger partial charge >= 0.3 is 0 Å². The number of nitrogens with zero attached hydrogens (tertiary/aromatic N) is 3. The summed E-state index contributed by atoms with van der Waals surface area (Å²) >= 11 is 5.99. The maximum absolute atomic E-state index is 11.1. The van der Waals surface area contributed by atoms with Crippen LogP contribution >= 0.6 is 11.6 Å². The molecule has 18 heavy (non-hydrogen) atoms. The molecule has 0 amide bonds. The number of aldehydes is 1. The third-order valence-corrected chi connectivity index (χ3v) is 3.39. The lowest BCUT2D eigenvalue weighted by molar-refractivity contribution is 0.103. The van der Waals surface area contributed by atoms with Crippen molar-refractivity contribution in [1.82, 2.24) is 14.9 Å². The minimum absolute atomic E-state index is 0.286. The van der Waals surface area contributed by atoms with E-state index in [0.29, 0.717) is 42.9 Å². The predicted octanol–water partition coefficient (Wildman–Crippen LogP) is 1.61. The molecule has 1 aliphatic rings. The van der Waals surface area contributed by atoms with Crippen molar-refractivity contribution in [2.75, 3.05) is 6.61 Å². The Morgan fingerprint density at radius 1 is 1.44 bits per heavy atom. The number of hydrogen-bond acceptors (Lipinski definition) is 5. The first-order valence-corrected chi connectivity index (χ1v) is 5.83. The number of carbonyl (C=O) groups excluding carboxylic acids is 1. The lowest BCUT2D eigenvalue weighted by Gasteiger charge is -2.09. The average Bonchev–Trinajstić information content (AvgIpc) is 2.92. The van der Waals surface area contributed by atoms with Gasteiger partial charge < -0.3 is 9.26 Å². The summed E-state index contributed by atoms with van der Waals surface area (Å²) in [7, 11) is 1.67. The van der Waals surface area contributed by atoms with Crippen molar-refractivity contribution in [3.8, 4) is 11.4 Å². The van der Waals surface area contributed by atoms with Crippen LogP contribution in [0.1, 0.15) is 21.7 Å². The lowest BCUT2D eigenvalue weighted by Crippen LogP contribution is -2.08. The molecule has 0 saturated heterocycles. The van der Waals surface area contributed by atoms with Crippen molar-refractivity contribution >= 4 is 17.9 Å². The number of carbonyl (C=O) groups is 1. The number of fused-ring (bicyclic) bond motifs is 1. The second-order valence-electron chi connectivity index (χ2n) is 4.03. The molecule has 0 unspecified atom stereocenters. The quantitative estimate of drug-likeness (QED) is 0.773. The van der Waals surface area contributed by atoms with Crippen molar-refractivity contribution < 1.29 is 14.1 Å². The maximum Gasteiger partial charge on any atom is 0.155 e. The molecule has 0 aromatic carbocycles. The highest BCUT2D eigenvalue weighted by atomic mass is 35.5. The van der Waals surface area contributed by atoms with Crippen LogP contribution in [0.25, 0.3) is 11.4 Å². The minimum atomic E-state index is 0.286. The van der Waals surface area contributed by atoms with Gasteiger partial charge in [0.05, 0.1) is 24.3 Å². The first kappa shape index (κ1) is 11.4. The Morgan fingerprint density at radius 2 is 2.28 bits per heavy atom. The number of aryl methyl sites for hydroxylation is 1. The van der Waals surface area contributed by atoms with Crippen LogP contribution < -0.4 is 0 Å². The highest BCUT2D eigenvalue weighted by Gasteiger charge is 2.26. The van der Waals surface area contributed by atoms with Crippen LogP contribution in [0.3, 0.4) is 0 Å². The second-order valence-corrected chi connectivity index (χ2v) is 4.39. The number of aromatic nitrogens is 3. The first-order valence-electron chi connectivity index (χ1n) is 5.45. The molecular formula is C11H10ClN3O3. The van der Waals surface area contributed by atoms with Crippen molar-refractivity contribution in [3.05, 3.63) is 22.0 Å². The number of halogens is 1. The smallest absolute Gasteiger partial charge is 0.155 e. The Balaban J connectivity index is 2.18. The van der Waals surface area contributed by atoms with Crippen LogP contribution in [-0.4, -0.2) is 27.8 Å². The first-order chi connectivity index (χ1) is 8.72. The fourth-order valence-electron chi connectivity index (χ4n) is 2.01. The topological polar surface area (TPSA) is 70.2 Å². The lowest BCUT2D eigenvalue weighted by atomic mass is 10.1. The maximum atomic E-state index is 11.1. The predicted molar refractivity (Wildman–Crippen MR) is 62.5 cm³/mol. The summed E-state index contributed by atoms with van der Waals surface area (Å²) in [6, 6.07) is 0. The Hall–Kier alpha value is -1.66. The van der Waals surface area contributed by atoms with Crippen molar-refractivity contribution in [1.29, 1.82) is 0 Å². The molecule has 0 bridgehead atoms. The molecule has 3 rings (SSSR count). The summed E-state index contributed by atoms with van der Waals surface area (Å²) < 4.78 is 12.1. The van der Waals surface area contributed by atoms with Crippen LogP contribution in [0, 0.1) is 0 Å². The van der Waals surface area contributed by atoms with Gasteiger partial charge in [-0.05, 0) is 0 Å². The van der Waals surface area contributed by atoms with Gasteiger partial charge in [-0.15, -0.1) is 0 Å². The Bertz CT molecular complexity index is 617. The SMILES string of the molecule is Cn1nc(-c2noc3c2COCC3)c(C=O)c1Cl. The molecule has 0 N–H and O–H groups in total. The molecule has 2 aromatic heterocycles. The molecule has 0 atom stereocenters. The van der Waals surface area contributed by atoms with Gasteiger partial charge in [-0.1, -0.05) is 16.8 Å². The summed E-state index contributed by atoms with van der Waals surface area (Å²) in [5.74, 6) is 0.787. The molecule has 0 fully saturated rings. The van der Waals surface area contributed by atoms with E-state index >= 15 is 0 Å². The standard InChI is InChI=1S/C11H10ClN3O3/c1-15-11(12)6(4-16)9(13-15)10-7-5-17-3-2-8(7)18-14-10/h4H,2-3,5H2,1H3. The van der Waals surface area contributed by atoms with Gasteiger partial charge in [0, 0.05) is 13.5 Å². The fourth-order valence-corrected chi connectivity index (χ4v) is 2.18. The van der Waals surface area contributed by atoms with E-state index in [1.807, 2.05) is 0 Å². The zero-order valence-electron chi connectivity index (χ0n) is 9.64. The van der Waals surface area contributed by atoms with Crippen LogP contribution in [-0.2, 0) is 24.8 Å². The average molecular weight is 268 g/mol. The summed E-state index contributed by atoms with van der Waals surface area (Å²) in [6.45, 7) is 1.03. The molecule has 6 nitrogen and oxygen atoms in total. The van der Waals surface area contributed by atoms with Crippen molar-refractivity contribution in [3.63, 3.8) is 0 Å². The third kappa shape index (κ3) is 1.57. The van der Waals surface area contributed by atoms with Gasteiger partial charge in [0.25, 0.3) is 0 Å². The molecule has 0 radical (unpaired) electrons. The van der Waals surface area contributed by atoms with E-state index < -0.39 is 0 Å². The second kappa shape index (κ2) is 4.22. The van der Waals surface area contributed by atoms with Gasteiger partial charge in [0.15, 0.2) is 6.29 Å². The van der Waals surface area contributed by atoms with Crippen molar-refractivity contribution in [2.45, 2.75) is 13.0 Å². The molecule has 94 valence electrons. The highest BCUT2D eigenvalue weighted by Crippen LogP contribution is 2.32. The zero-order chi connectivity index (χ0) is 12.7. The van der Waals surface area contributed by atoms with Crippen LogP contribution in [0.2, 0.25) is 5.15 Å². The van der Waals surface area contributed by atoms with Crippen LogP contribution in [0.4, 0.5) is 0 Å². The van der Waals surface area contributed by atoms with E-state index in [-0.39, 0.29) is 5.15 Å². The van der Waals surface area contributed by atoms with Crippen molar-refractivity contribution in [2.24, 2.45) is 7.05 Å². The minimum Gasteiger partial charge on any atom is -0.376 e. The summed E-state index contributed by atoms with van der Waals surface area (Å²) in [4.78, 5) is 11.1. The molecule has 0 spiro atoms. The molecule has 7 heteroatoms. The number of hydrogen-bond donors (Lipinski definition) is 0. The number of ether oxygens (including phenoxy) is 1. The molecule has 0 aliphatic carbocycles. The van der Waals surface area contributed by atoms with Crippen LogP contribution in [0.5, 0.6) is 0 Å². The Labute approximate surface area is 107 Å². The van der Waals surface area contributed by atoms with Gasteiger partial charge in [0.1, 0.15) is 22.3 Å². The van der Waals surface area contributed by atoms with Crippen LogP contribution in [0.15, 0.2) is 4.52 Å². The normalized spacial score (nSPS) is 14.6. The van der Waals surface area contributed by atoms with E-state index in [4.69, 9.17) is 20.9 Å². The van der Waals surface area contributed by atoms with E-state index in [0.717, 1.165) is 11.3 Å². The summed E-state index contributed by atoms with van der Waals surface area (Å²) in [5.41, 5.74) is 2.14. The van der Waals surface area contributed by atoms with Gasteiger partial charge in [0.2, 0.25) is 0 Å². The summed E-state index contributed by atoms with van der Waals surface area (Å²) in [6.07, 6.45) is 1.36. The Kier molecular flexibility index (Phi) is 2.68. The van der Waals surface area contributed by atoms with Gasteiger partial charge in [-0.3, -0.25) is 9.48 Å². The Morgan fingerprint density at radius 3 is 3.06 bits per heavy atom. The summed E-state index contributed by atoms with van der Waals surface area (Å²) in [5, 5.41) is 8.48. The fraction of sp³-hybridized carbons (Fsp3) is 0.364. The molecule has 3 heterocycles. The molecule has 1 aliphatic heterocycles. The van der Waals surface area contributed by atoms with E-state index in [2.05, 4.69) is 10.3 Å². The van der Waals surface area contributed by atoms with E-state index in [9.17, 15) is 4.79 Å². The molecular weight excluding hydrogens is 258 g/mol. The number of rotatable bonds is 2. The van der Waals surface area contributed by atoms with Gasteiger partial charge in [-0.2, -0.15) is 5.10 Å². The zero-order valence-corrected chi connectivity index (χ0v) is 10.4. The third-order valence-electron chi connectivity index (χ3n) is 2.94. The largest absolute Gasteiger partial charge is 0.376 e. The molecule has 0 saturated carbocycles.